The predicted octanol–water partition coefficient (Wildman–Crippen LogP) is 2.95. The first kappa shape index (κ1) is 18.1. The Labute approximate surface area is 155 Å². The van der Waals surface area contributed by atoms with Gasteiger partial charge in [-0.25, -0.2) is 9.67 Å². The molecular weight excluding hydrogens is 354 g/mol. The number of hydrogen-bond acceptors (Lipinski definition) is 4. The fourth-order valence-electron chi connectivity index (χ4n) is 2.58. The monoisotopic (exact) mass is 373 g/mol. The number of aromatic nitrogens is 4. The van der Waals surface area contributed by atoms with Gasteiger partial charge >= 0.3 is 0 Å². The van der Waals surface area contributed by atoms with Gasteiger partial charge in [0, 0.05) is 10.7 Å². The van der Waals surface area contributed by atoms with Crippen LogP contribution in [0.4, 0.5) is 5.69 Å². The number of benzene rings is 1. The van der Waals surface area contributed by atoms with Crippen LogP contribution < -0.4 is 10.9 Å². The first-order valence-electron chi connectivity index (χ1n) is 8.16. The maximum atomic E-state index is 12.6. The fourth-order valence-corrected chi connectivity index (χ4v) is 2.76. The number of amides is 1. The number of fused-ring (bicyclic) bond motifs is 1. The minimum atomic E-state index is -0.337. The highest BCUT2D eigenvalue weighted by Crippen LogP contribution is 2.20. The van der Waals surface area contributed by atoms with Crippen molar-refractivity contribution in [3.05, 3.63) is 51.7 Å². The molecule has 0 bridgehead atoms. The molecule has 1 aromatic carbocycles. The molecule has 8 heteroatoms. The molecule has 7 nitrogen and oxygen atoms in total. The largest absolute Gasteiger partial charge is 0.324 e. The van der Waals surface area contributed by atoms with Gasteiger partial charge in [0.25, 0.3) is 5.56 Å². The van der Waals surface area contributed by atoms with Crippen LogP contribution in [0.3, 0.4) is 0 Å². The number of aryl methyl sites for hydroxylation is 1. The van der Waals surface area contributed by atoms with Crippen LogP contribution in [0.15, 0.2) is 35.5 Å². The summed E-state index contributed by atoms with van der Waals surface area (Å²) in [5.41, 5.74) is 1.40. The summed E-state index contributed by atoms with van der Waals surface area (Å²) < 4.78 is 2.96. The van der Waals surface area contributed by atoms with Crippen molar-refractivity contribution in [2.24, 2.45) is 0 Å². The van der Waals surface area contributed by atoms with Crippen LogP contribution in [-0.2, 0) is 16.9 Å². The minimum Gasteiger partial charge on any atom is -0.324 e. The molecule has 0 unspecified atom stereocenters. The molecule has 26 heavy (non-hydrogen) atoms. The van der Waals surface area contributed by atoms with Crippen molar-refractivity contribution in [1.29, 1.82) is 0 Å². The SMILES string of the molecule is Cc1ccc(NC(=O)Cn2cnc3c(cnn3C(C)(C)C)c2=O)cc1Cl. The average molecular weight is 374 g/mol. The molecular formula is C18H20ClN5O2. The lowest BCUT2D eigenvalue weighted by Gasteiger charge is -2.19. The van der Waals surface area contributed by atoms with Crippen LogP contribution in [0, 0.1) is 6.92 Å². The summed E-state index contributed by atoms with van der Waals surface area (Å²) in [7, 11) is 0. The fraction of sp³-hybridized carbons (Fsp3) is 0.333. The summed E-state index contributed by atoms with van der Waals surface area (Å²) in [6, 6.07) is 5.25. The molecule has 2 heterocycles. The van der Waals surface area contributed by atoms with E-state index in [0.29, 0.717) is 21.7 Å². The second-order valence-electron chi connectivity index (χ2n) is 7.15. The number of anilines is 1. The molecule has 0 aliphatic rings. The van der Waals surface area contributed by atoms with Crippen LogP contribution in [0.25, 0.3) is 11.0 Å². The summed E-state index contributed by atoms with van der Waals surface area (Å²) in [4.78, 5) is 29.2. The Morgan fingerprint density at radius 3 is 2.69 bits per heavy atom. The van der Waals surface area contributed by atoms with Crippen molar-refractivity contribution < 1.29 is 4.79 Å². The number of nitrogens with one attached hydrogen (secondary N) is 1. The lowest BCUT2D eigenvalue weighted by molar-refractivity contribution is -0.116. The Morgan fingerprint density at radius 2 is 2.04 bits per heavy atom. The standard InChI is InChI=1S/C18H20ClN5O2/c1-11-5-6-12(7-14(11)19)22-15(25)9-23-10-20-16-13(17(23)26)8-21-24(16)18(2,3)4/h5-8,10H,9H2,1-4H3,(H,22,25). The maximum Gasteiger partial charge on any atom is 0.264 e. The van der Waals surface area contributed by atoms with E-state index in [1.54, 1.807) is 16.8 Å². The minimum absolute atomic E-state index is 0.145. The summed E-state index contributed by atoms with van der Waals surface area (Å²) >= 11 is 6.06. The smallest absolute Gasteiger partial charge is 0.264 e. The van der Waals surface area contributed by atoms with Crippen LogP contribution in [0.2, 0.25) is 5.02 Å². The van der Waals surface area contributed by atoms with Gasteiger partial charge < -0.3 is 5.32 Å². The molecule has 2 aromatic heterocycles. The van der Waals surface area contributed by atoms with Gasteiger partial charge in [0.1, 0.15) is 18.3 Å². The van der Waals surface area contributed by atoms with Crippen LogP contribution in [-0.4, -0.2) is 25.2 Å². The zero-order valence-electron chi connectivity index (χ0n) is 15.1. The Hall–Kier alpha value is -2.67. The van der Waals surface area contributed by atoms with E-state index < -0.39 is 0 Å². The van der Waals surface area contributed by atoms with Gasteiger partial charge in [0.15, 0.2) is 5.65 Å². The Bertz CT molecular complexity index is 1050. The van der Waals surface area contributed by atoms with Gasteiger partial charge in [-0.05, 0) is 45.4 Å². The Morgan fingerprint density at radius 1 is 1.31 bits per heavy atom. The van der Waals surface area contributed by atoms with Gasteiger partial charge in [-0.3, -0.25) is 14.2 Å². The van der Waals surface area contributed by atoms with Crippen LogP contribution in [0.1, 0.15) is 26.3 Å². The molecule has 0 aliphatic heterocycles. The van der Waals surface area contributed by atoms with Crippen LogP contribution in [0.5, 0.6) is 0 Å². The van der Waals surface area contributed by atoms with E-state index in [1.165, 1.54) is 17.1 Å². The molecule has 0 spiro atoms. The van der Waals surface area contributed by atoms with E-state index >= 15 is 0 Å². The Balaban J connectivity index is 1.84. The third kappa shape index (κ3) is 3.48. The summed E-state index contributed by atoms with van der Waals surface area (Å²) in [6.07, 6.45) is 2.86. The maximum absolute atomic E-state index is 12.6. The predicted molar refractivity (Wildman–Crippen MR) is 102 cm³/mol. The van der Waals surface area contributed by atoms with E-state index in [9.17, 15) is 9.59 Å². The number of halogens is 1. The van der Waals surface area contributed by atoms with E-state index in [-0.39, 0.29) is 23.6 Å². The molecule has 1 N–H and O–H groups in total. The van der Waals surface area contributed by atoms with E-state index in [0.717, 1.165) is 5.56 Å². The third-order valence-electron chi connectivity index (χ3n) is 3.96. The second-order valence-corrected chi connectivity index (χ2v) is 7.56. The number of rotatable bonds is 3. The molecule has 0 radical (unpaired) electrons. The normalized spacial score (nSPS) is 11.7. The zero-order chi connectivity index (χ0) is 19.1. The number of hydrogen-bond donors (Lipinski definition) is 1. The first-order valence-corrected chi connectivity index (χ1v) is 8.54. The van der Waals surface area contributed by atoms with Crippen LogP contribution >= 0.6 is 11.6 Å². The third-order valence-corrected chi connectivity index (χ3v) is 4.37. The molecule has 0 aliphatic carbocycles. The average Bonchev–Trinajstić information content (AvgIpc) is 2.99. The van der Waals surface area contributed by atoms with Crippen molar-refractivity contribution in [2.75, 3.05) is 5.32 Å². The molecule has 3 rings (SSSR count). The van der Waals surface area contributed by atoms with Crippen molar-refractivity contribution in [3.8, 4) is 0 Å². The molecule has 136 valence electrons. The zero-order valence-corrected chi connectivity index (χ0v) is 15.8. The molecule has 0 saturated carbocycles. The highest BCUT2D eigenvalue weighted by Gasteiger charge is 2.20. The number of carbonyl (C=O) groups excluding carboxylic acids is 1. The molecule has 0 fully saturated rings. The van der Waals surface area contributed by atoms with Gasteiger partial charge in [-0.2, -0.15) is 5.10 Å². The van der Waals surface area contributed by atoms with Crippen molar-refractivity contribution in [1.82, 2.24) is 19.3 Å². The van der Waals surface area contributed by atoms with E-state index in [4.69, 9.17) is 11.6 Å². The van der Waals surface area contributed by atoms with Crippen molar-refractivity contribution in [3.63, 3.8) is 0 Å². The second kappa shape index (κ2) is 6.57. The van der Waals surface area contributed by atoms with Crippen molar-refractivity contribution in [2.45, 2.75) is 39.8 Å². The van der Waals surface area contributed by atoms with Crippen molar-refractivity contribution >= 4 is 34.2 Å². The Kier molecular flexibility index (Phi) is 4.58. The molecule has 0 atom stereocenters. The summed E-state index contributed by atoms with van der Waals surface area (Å²) in [5, 5.41) is 7.94. The quantitative estimate of drug-likeness (QED) is 0.765. The number of nitrogens with zero attached hydrogens (tertiary/aromatic N) is 4. The van der Waals surface area contributed by atoms with Gasteiger partial charge in [-0.1, -0.05) is 17.7 Å². The molecule has 1 amide bonds. The van der Waals surface area contributed by atoms with E-state index in [2.05, 4.69) is 15.4 Å². The highest BCUT2D eigenvalue weighted by molar-refractivity contribution is 6.31. The highest BCUT2D eigenvalue weighted by atomic mass is 35.5. The topological polar surface area (TPSA) is 81.8 Å². The number of carbonyl (C=O) groups is 1. The lowest BCUT2D eigenvalue weighted by Crippen LogP contribution is -2.29. The summed E-state index contributed by atoms with van der Waals surface area (Å²) in [6.45, 7) is 7.67. The van der Waals surface area contributed by atoms with Gasteiger partial charge in [0.2, 0.25) is 5.91 Å². The molecule has 3 aromatic rings. The first-order chi connectivity index (χ1) is 12.2. The van der Waals surface area contributed by atoms with Gasteiger partial charge in [0.05, 0.1) is 11.7 Å². The van der Waals surface area contributed by atoms with E-state index in [1.807, 2.05) is 33.8 Å². The lowest BCUT2D eigenvalue weighted by atomic mass is 10.1. The molecule has 0 saturated heterocycles. The summed E-state index contributed by atoms with van der Waals surface area (Å²) in [5.74, 6) is -0.337. The van der Waals surface area contributed by atoms with Gasteiger partial charge in [-0.15, -0.1) is 0 Å².